The van der Waals surface area contributed by atoms with Crippen LogP contribution in [0.2, 0.25) is 5.02 Å². The van der Waals surface area contributed by atoms with E-state index in [-0.39, 0.29) is 5.41 Å². The van der Waals surface area contributed by atoms with Gasteiger partial charge >= 0.3 is 0 Å². The second kappa shape index (κ2) is 5.05. The molecule has 1 aromatic rings. The number of hydrogen-bond donors (Lipinski definition) is 2. The summed E-state index contributed by atoms with van der Waals surface area (Å²) in [5.41, 5.74) is 6.67. The van der Waals surface area contributed by atoms with Crippen LogP contribution in [0.4, 0.5) is 0 Å². The molecule has 0 unspecified atom stereocenters. The van der Waals surface area contributed by atoms with Gasteiger partial charge in [0.1, 0.15) is 0 Å². The number of aliphatic hydroxyl groups is 1. The quantitative estimate of drug-likeness (QED) is 0.878. The van der Waals surface area contributed by atoms with Gasteiger partial charge in [0.05, 0.1) is 12.1 Å². The maximum absolute atomic E-state index is 10.1. The molecule has 0 bridgehead atoms. The average Bonchev–Trinajstić information content (AvgIpc) is 2.14. The number of rotatable bonds is 2. The molecule has 4 heteroatoms. The van der Waals surface area contributed by atoms with E-state index < -0.39 is 12.1 Å². The van der Waals surface area contributed by atoms with Crippen LogP contribution in [-0.2, 0) is 0 Å². The lowest BCUT2D eigenvalue weighted by Gasteiger charge is -2.31. The largest absolute Gasteiger partial charge is 0.391 e. The molecule has 2 nitrogen and oxygen atoms in total. The van der Waals surface area contributed by atoms with Gasteiger partial charge in [0.2, 0.25) is 0 Å². The van der Waals surface area contributed by atoms with Crippen molar-refractivity contribution in [3.8, 4) is 0 Å². The molecule has 0 heterocycles. The van der Waals surface area contributed by atoms with Gasteiger partial charge in [0.25, 0.3) is 0 Å². The molecule has 1 rings (SSSR count). The number of aliphatic hydroxyl groups excluding tert-OH is 1. The Kier molecular flexibility index (Phi) is 4.41. The Hall–Kier alpha value is -0.0900. The highest BCUT2D eigenvalue weighted by atomic mass is 79.9. The van der Waals surface area contributed by atoms with Gasteiger partial charge in [0, 0.05) is 9.50 Å². The smallest absolute Gasteiger partial charge is 0.0781 e. The van der Waals surface area contributed by atoms with Crippen molar-refractivity contribution in [2.24, 2.45) is 11.1 Å². The minimum absolute atomic E-state index is 0.251. The summed E-state index contributed by atoms with van der Waals surface area (Å²) in [5.74, 6) is 0. The van der Waals surface area contributed by atoms with Gasteiger partial charge in [0.15, 0.2) is 0 Å². The maximum atomic E-state index is 10.1. The lowest BCUT2D eigenvalue weighted by atomic mass is 9.82. The van der Waals surface area contributed by atoms with Crippen LogP contribution in [0.1, 0.15) is 32.4 Å². The predicted octanol–water partition coefficient (Wildman–Crippen LogP) is 3.51. The van der Waals surface area contributed by atoms with Crippen molar-refractivity contribution in [1.82, 2.24) is 0 Å². The molecule has 0 aliphatic rings. The highest BCUT2D eigenvalue weighted by Gasteiger charge is 2.29. The summed E-state index contributed by atoms with van der Waals surface area (Å²) in [4.78, 5) is 0. The number of benzene rings is 1. The average molecular weight is 307 g/mol. The fourth-order valence-corrected chi connectivity index (χ4v) is 2.43. The van der Waals surface area contributed by atoms with Crippen molar-refractivity contribution in [3.63, 3.8) is 0 Å². The lowest BCUT2D eigenvalue weighted by molar-refractivity contribution is 0.0399. The lowest BCUT2D eigenvalue weighted by Crippen LogP contribution is -2.37. The minimum atomic E-state index is -0.607. The van der Waals surface area contributed by atoms with Gasteiger partial charge in [-0.05, 0) is 23.1 Å². The van der Waals surface area contributed by atoms with Crippen LogP contribution in [0.25, 0.3) is 0 Å². The molecule has 1 aromatic carbocycles. The third kappa shape index (κ3) is 3.20. The van der Waals surface area contributed by atoms with E-state index in [9.17, 15) is 5.11 Å². The van der Waals surface area contributed by atoms with Gasteiger partial charge in [-0.25, -0.2) is 0 Å². The van der Waals surface area contributed by atoms with Gasteiger partial charge in [-0.15, -0.1) is 0 Å². The molecule has 90 valence electrons. The number of halogens is 2. The maximum Gasteiger partial charge on any atom is 0.0781 e. The normalized spacial score (nSPS) is 15.9. The Labute approximate surface area is 110 Å². The fraction of sp³-hybridized carbons (Fsp3) is 0.500. The first kappa shape index (κ1) is 14.0. The predicted molar refractivity (Wildman–Crippen MR) is 71.5 cm³/mol. The Morgan fingerprint density at radius 2 is 1.94 bits per heavy atom. The Morgan fingerprint density at radius 3 is 2.38 bits per heavy atom. The van der Waals surface area contributed by atoms with E-state index in [1.165, 1.54) is 0 Å². The number of nitrogens with two attached hydrogens (primary N) is 1. The topological polar surface area (TPSA) is 46.2 Å². The third-order valence-corrected chi connectivity index (χ3v) is 3.47. The van der Waals surface area contributed by atoms with Gasteiger partial charge in [-0.2, -0.15) is 0 Å². The Balaban J connectivity index is 3.01. The summed E-state index contributed by atoms with van der Waals surface area (Å²) in [6, 6.07) is 4.97. The highest BCUT2D eigenvalue weighted by molar-refractivity contribution is 9.10. The Morgan fingerprint density at radius 1 is 1.38 bits per heavy atom. The second-order valence-electron chi connectivity index (χ2n) is 5.00. The van der Waals surface area contributed by atoms with Crippen molar-refractivity contribution in [2.75, 3.05) is 0 Å². The monoisotopic (exact) mass is 305 g/mol. The molecular formula is C12H17BrClNO. The van der Waals surface area contributed by atoms with Crippen LogP contribution in [-0.4, -0.2) is 11.2 Å². The van der Waals surface area contributed by atoms with E-state index in [0.29, 0.717) is 5.02 Å². The van der Waals surface area contributed by atoms with Crippen molar-refractivity contribution in [3.05, 3.63) is 33.3 Å². The molecule has 0 saturated heterocycles. The molecule has 0 aromatic heterocycles. The van der Waals surface area contributed by atoms with E-state index in [2.05, 4.69) is 15.9 Å². The molecular weight excluding hydrogens is 289 g/mol. The summed E-state index contributed by atoms with van der Waals surface area (Å²) < 4.78 is 0.829. The van der Waals surface area contributed by atoms with Gasteiger partial charge < -0.3 is 10.8 Å². The van der Waals surface area contributed by atoms with E-state index >= 15 is 0 Å². The first-order valence-electron chi connectivity index (χ1n) is 5.12. The van der Waals surface area contributed by atoms with Crippen LogP contribution in [0.5, 0.6) is 0 Å². The molecule has 3 N–H and O–H groups in total. The molecule has 2 atom stereocenters. The summed E-state index contributed by atoms with van der Waals surface area (Å²) in [6.07, 6.45) is -0.607. The molecule has 0 fully saturated rings. The van der Waals surface area contributed by atoms with Crippen LogP contribution >= 0.6 is 27.5 Å². The van der Waals surface area contributed by atoms with Crippen molar-refractivity contribution >= 4 is 27.5 Å². The van der Waals surface area contributed by atoms with Crippen LogP contribution < -0.4 is 5.73 Å². The molecule has 0 spiro atoms. The summed E-state index contributed by atoms with van der Waals surface area (Å²) in [6.45, 7) is 5.88. The van der Waals surface area contributed by atoms with Crippen molar-refractivity contribution in [1.29, 1.82) is 0 Å². The standard InChI is InChI=1S/C12H17BrClNO/c1-12(2,3)11(16)10(15)8-5-4-7(14)6-9(8)13/h4-6,10-11,16H,15H2,1-3H3/t10-,11-/m0/s1. The minimum Gasteiger partial charge on any atom is -0.391 e. The van der Waals surface area contributed by atoms with E-state index in [1.54, 1.807) is 12.1 Å². The van der Waals surface area contributed by atoms with E-state index in [0.717, 1.165) is 10.0 Å². The first-order chi connectivity index (χ1) is 7.23. The van der Waals surface area contributed by atoms with Crippen LogP contribution in [0.15, 0.2) is 22.7 Å². The third-order valence-electron chi connectivity index (χ3n) is 2.55. The molecule has 0 saturated carbocycles. The van der Waals surface area contributed by atoms with Crippen LogP contribution in [0.3, 0.4) is 0 Å². The highest BCUT2D eigenvalue weighted by Crippen LogP contribution is 2.33. The van der Waals surface area contributed by atoms with Crippen LogP contribution in [0, 0.1) is 5.41 Å². The number of hydrogen-bond acceptors (Lipinski definition) is 2. The van der Waals surface area contributed by atoms with Gasteiger partial charge in [-0.1, -0.05) is 54.4 Å². The Bertz CT molecular complexity index is 376. The van der Waals surface area contributed by atoms with E-state index in [4.69, 9.17) is 17.3 Å². The summed E-state index contributed by atoms with van der Waals surface area (Å²) in [5, 5.41) is 10.8. The zero-order chi connectivity index (χ0) is 12.5. The fourth-order valence-electron chi connectivity index (χ4n) is 1.48. The second-order valence-corrected chi connectivity index (χ2v) is 6.29. The zero-order valence-corrected chi connectivity index (χ0v) is 12.0. The zero-order valence-electron chi connectivity index (χ0n) is 9.67. The van der Waals surface area contributed by atoms with Crippen molar-refractivity contribution in [2.45, 2.75) is 32.9 Å². The molecule has 16 heavy (non-hydrogen) atoms. The molecule has 0 amide bonds. The summed E-state index contributed by atoms with van der Waals surface area (Å²) in [7, 11) is 0. The SMILES string of the molecule is CC(C)(C)[C@@H](O)[C@@H](N)c1ccc(Cl)cc1Br. The first-order valence-corrected chi connectivity index (χ1v) is 6.29. The molecule has 0 aliphatic heterocycles. The van der Waals surface area contributed by atoms with E-state index in [1.807, 2.05) is 26.8 Å². The van der Waals surface area contributed by atoms with Gasteiger partial charge in [-0.3, -0.25) is 0 Å². The summed E-state index contributed by atoms with van der Waals surface area (Å²) >= 11 is 9.26. The molecule has 0 aliphatic carbocycles. The van der Waals surface area contributed by atoms with Crippen molar-refractivity contribution < 1.29 is 5.11 Å². The molecule has 0 radical (unpaired) electrons.